The van der Waals surface area contributed by atoms with E-state index >= 15 is 0 Å². The summed E-state index contributed by atoms with van der Waals surface area (Å²) in [6.45, 7) is 0. The molecule has 0 aliphatic rings. The molecule has 1 aromatic heterocycles. The monoisotopic (exact) mass is 363 g/mol. The van der Waals surface area contributed by atoms with Gasteiger partial charge in [-0.2, -0.15) is 0 Å². The Labute approximate surface area is 147 Å². The van der Waals surface area contributed by atoms with Crippen molar-refractivity contribution in [3.05, 3.63) is 70.9 Å². The van der Waals surface area contributed by atoms with Crippen LogP contribution in [0.4, 0.5) is 14.5 Å². The van der Waals surface area contributed by atoms with Crippen LogP contribution in [-0.4, -0.2) is 13.0 Å². The highest BCUT2D eigenvalue weighted by atomic mass is 35.5. The van der Waals surface area contributed by atoms with E-state index in [2.05, 4.69) is 5.32 Å². The number of rotatable bonds is 4. The summed E-state index contributed by atoms with van der Waals surface area (Å²) in [7, 11) is 1.50. The maximum Gasteiger partial charge on any atom is 0.291 e. The van der Waals surface area contributed by atoms with E-state index < -0.39 is 17.5 Å². The number of furan rings is 1. The summed E-state index contributed by atoms with van der Waals surface area (Å²) in [4.78, 5) is 12.2. The minimum absolute atomic E-state index is 0.0225. The van der Waals surface area contributed by atoms with Crippen molar-refractivity contribution in [2.45, 2.75) is 0 Å². The lowest BCUT2D eigenvalue weighted by Crippen LogP contribution is -2.12. The van der Waals surface area contributed by atoms with Gasteiger partial charge < -0.3 is 14.5 Å². The molecule has 0 aliphatic carbocycles. The Morgan fingerprint density at radius 3 is 2.60 bits per heavy atom. The maximum atomic E-state index is 13.6. The summed E-state index contributed by atoms with van der Waals surface area (Å²) < 4.78 is 37.1. The minimum atomic E-state index is -0.873. The highest BCUT2D eigenvalue weighted by Gasteiger charge is 2.15. The van der Waals surface area contributed by atoms with E-state index in [9.17, 15) is 13.6 Å². The van der Waals surface area contributed by atoms with Crippen LogP contribution in [0.15, 0.2) is 52.9 Å². The second-order valence-corrected chi connectivity index (χ2v) is 5.50. The third kappa shape index (κ3) is 3.64. The molecule has 1 N–H and O–H groups in total. The molecule has 1 amide bonds. The van der Waals surface area contributed by atoms with Crippen LogP contribution in [0.3, 0.4) is 0 Å². The van der Waals surface area contributed by atoms with Crippen molar-refractivity contribution in [3.63, 3.8) is 0 Å². The van der Waals surface area contributed by atoms with E-state index in [0.29, 0.717) is 28.2 Å². The molecule has 128 valence electrons. The Hall–Kier alpha value is -2.86. The Morgan fingerprint density at radius 2 is 1.92 bits per heavy atom. The van der Waals surface area contributed by atoms with E-state index in [1.165, 1.54) is 13.2 Å². The SMILES string of the molecule is COc1ccc(-c2ccc(C(=O)Nc3ccc(F)cc3F)o2)cc1Cl. The van der Waals surface area contributed by atoms with Gasteiger partial charge in [-0.3, -0.25) is 4.79 Å². The average Bonchev–Trinajstić information content (AvgIpc) is 3.07. The van der Waals surface area contributed by atoms with Crippen LogP contribution < -0.4 is 10.1 Å². The van der Waals surface area contributed by atoms with Crippen molar-refractivity contribution in [3.8, 4) is 17.1 Å². The van der Waals surface area contributed by atoms with Gasteiger partial charge in [-0.1, -0.05) is 11.6 Å². The minimum Gasteiger partial charge on any atom is -0.495 e. The highest BCUT2D eigenvalue weighted by Crippen LogP contribution is 2.31. The number of benzene rings is 2. The Balaban J connectivity index is 1.81. The van der Waals surface area contributed by atoms with Gasteiger partial charge in [-0.25, -0.2) is 8.78 Å². The molecule has 0 fully saturated rings. The standard InChI is InChI=1S/C18H12ClF2NO3/c1-24-16-5-2-10(8-12(16)19)15-6-7-17(25-15)18(23)22-14-4-3-11(20)9-13(14)21/h2-9H,1H3,(H,22,23). The lowest BCUT2D eigenvalue weighted by atomic mass is 10.2. The molecule has 0 aliphatic heterocycles. The van der Waals surface area contributed by atoms with Crippen molar-refractivity contribution in [1.82, 2.24) is 0 Å². The topological polar surface area (TPSA) is 51.5 Å². The first kappa shape index (κ1) is 17.0. The van der Waals surface area contributed by atoms with Crippen molar-refractivity contribution in [2.24, 2.45) is 0 Å². The van der Waals surface area contributed by atoms with Crippen LogP contribution in [0.1, 0.15) is 10.6 Å². The van der Waals surface area contributed by atoms with Crippen molar-refractivity contribution in [1.29, 1.82) is 0 Å². The molecule has 25 heavy (non-hydrogen) atoms. The average molecular weight is 364 g/mol. The summed E-state index contributed by atoms with van der Waals surface area (Å²) in [5, 5.41) is 2.73. The molecular weight excluding hydrogens is 352 g/mol. The maximum absolute atomic E-state index is 13.6. The lowest BCUT2D eigenvalue weighted by molar-refractivity contribution is 0.0997. The predicted molar refractivity (Wildman–Crippen MR) is 90.0 cm³/mol. The first-order chi connectivity index (χ1) is 12.0. The molecule has 0 atom stereocenters. The number of anilines is 1. The van der Waals surface area contributed by atoms with Gasteiger partial charge >= 0.3 is 0 Å². The molecule has 1 heterocycles. The Morgan fingerprint density at radius 1 is 1.12 bits per heavy atom. The molecule has 2 aromatic carbocycles. The molecule has 0 spiro atoms. The zero-order chi connectivity index (χ0) is 18.0. The van der Waals surface area contributed by atoms with Crippen LogP contribution >= 0.6 is 11.6 Å². The first-order valence-electron chi connectivity index (χ1n) is 7.18. The van der Waals surface area contributed by atoms with Gasteiger partial charge in [0.1, 0.15) is 23.1 Å². The number of nitrogens with one attached hydrogen (secondary N) is 1. The number of ether oxygens (including phenoxy) is 1. The van der Waals surface area contributed by atoms with Gasteiger partial charge in [0.25, 0.3) is 5.91 Å². The largest absolute Gasteiger partial charge is 0.495 e. The fraction of sp³-hybridized carbons (Fsp3) is 0.0556. The van der Waals surface area contributed by atoms with Crippen molar-refractivity contribution < 1.29 is 22.7 Å². The van der Waals surface area contributed by atoms with Crippen LogP contribution in [0.25, 0.3) is 11.3 Å². The molecule has 0 radical (unpaired) electrons. The van der Waals surface area contributed by atoms with E-state index in [-0.39, 0.29) is 11.4 Å². The summed E-state index contributed by atoms with van der Waals surface area (Å²) >= 11 is 6.07. The fourth-order valence-electron chi connectivity index (χ4n) is 2.21. The molecule has 0 bridgehead atoms. The van der Waals surface area contributed by atoms with E-state index in [1.54, 1.807) is 24.3 Å². The van der Waals surface area contributed by atoms with Crippen molar-refractivity contribution >= 4 is 23.2 Å². The normalized spacial score (nSPS) is 10.6. The van der Waals surface area contributed by atoms with Gasteiger partial charge in [0.05, 0.1) is 17.8 Å². The van der Waals surface area contributed by atoms with Crippen LogP contribution in [0.5, 0.6) is 5.75 Å². The molecule has 7 heteroatoms. The molecule has 3 aromatic rings. The highest BCUT2D eigenvalue weighted by molar-refractivity contribution is 6.32. The molecule has 0 saturated carbocycles. The van der Waals surface area contributed by atoms with Gasteiger partial charge in [0.2, 0.25) is 0 Å². The quantitative estimate of drug-likeness (QED) is 0.698. The summed E-state index contributed by atoms with van der Waals surface area (Å²) in [5.41, 5.74) is 0.509. The third-order valence-electron chi connectivity index (χ3n) is 3.45. The number of methoxy groups -OCH3 is 1. The first-order valence-corrected chi connectivity index (χ1v) is 7.56. The number of carbonyl (C=O) groups excluding carboxylic acids is 1. The van der Waals surface area contributed by atoms with Gasteiger partial charge in [-0.05, 0) is 42.5 Å². The molecule has 3 rings (SSSR count). The number of hydrogen-bond acceptors (Lipinski definition) is 3. The Bertz CT molecular complexity index is 940. The smallest absolute Gasteiger partial charge is 0.291 e. The van der Waals surface area contributed by atoms with Gasteiger partial charge in [0, 0.05) is 11.6 Å². The van der Waals surface area contributed by atoms with Gasteiger partial charge in [0.15, 0.2) is 5.76 Å². The summed E-state index contributed by atoms with van der Waals surface area (Å²) in [5.74, 6) is -1.35. The third-order valence-corrected chi connectivity index (χ3v) is 3.74. The van der Waals surface area contributed by atoms with Gasteiger partial charge in [-0.15, -0.1) is 0 Å². The van der Waals surface area contributed by atoms with E-state index in [4.69, 9.17) is 20.8 Å². The number of hydrogen-bond donors (Lipinski definition) is 1. The Kier molecular flexibility index (Phi) is 4.72. The lowest BCUT2D eigenvalue weighted by Gasteiger charge is -2.05. The predicted octanol–water partition coefficient (Wildman–Crippen LogP) is 5.14. The zero-order valence-corrected chi connectivity index (χ0v) is 13.7. The molecular formula is C18H12ClF2NO3. The van der Waals surface area contributed by atoms with Crippen LogP contribution in [-0.2, 0) is 0 Å². The fourth-order valence-corrected chi connectivity index (χ4v) is 2.47. The second-order valence-electron chi connectivity index (χ2n) is 5.09. The number of amides is 1. The zero-order valence-electron chi connectivity index (χ0n) is 13.0. The van der Waals surface area contributed by atoms with Crippen molar-refractivity contribution in [2.75, 3.05) is 12.4 Å². The van der Waals surface area contributed by atoms with Crippen LogP contribution in [0.2, 0.25) is 5.02 Å². The molecule has 4 nitrogen and oxygen atoms in total. The second kappa shape index (κ2) is 6.94. The summed E-state index contributed by atoms with van der Waals surface area (Å²) in [6.07, 6.45) is 0. The summed E-state index contributed by atoms with van der Waals surface area (Å²) in [6, 6.07) is 10.9. The van der Waals surface area contributed by atoms with E-state index in [0.717, 1.165) is 12.1 Å². The number of halogens is 3. The van der Waals surface area contributed by atoms with Crippen LogP contribution in [0, 0.1) is 11.6 Å². The van der Waals surface area contributed by atoms with E-state index in [1.807, 2.05) is 0 Å². The molecule has 0 unspecified atom stereocenters. The number of carbonyl (C=O) groups is 1. The molecule has 0 saturated heterocycles.